The fourth-order valence-corrected chi connectivity index (χ4v) is 3.19. The van der Waals surface area contributed by atoms with Crippen LogP contribution in [-0.2, 0) is 10.0 Å². The fourth-order valence-electron chi connectivity index (χ4n) is 2.14. The highest BCUT2D eigenvalue weighted by Gasteiger charge is 2.30. The van der Waals surface area contributed by atoms with Crippen LogP contribution in [0.1, 0.15) is 44.6 Å². The molecule has 4 nitrogen and oxygen atoms in total. The predicted octanol–water partition coefficient (Wildman–Crippen LogP) is 2.25. The lowest BCUT2D eigenvalue weighted by Crippen LogP contribution is -2.33. The molecule has 0 amide bonds. The molecule has 0 saturated heterocycles. The van der Waals surface area contributed by atoms with Crippen molar-refractivity contribution in [3.05, 3.63) is 29.8 Å². The third-order valence-corrected chi connectivity index (χ3v) is 5.46. The van der Waals surface area contributed by atoms with Gasteiger partial charge in [0.25, 0.3) is 0 Å². The quantitative estimate of drug-likeness (QED) is 0.811. The first-order valence-electron chi connectivity index (χ1n) is 7.21. The van der Waals surface area contributed by atoms with E-state index in [9.17, 15) is 13.5 Å². The standard InChI is InChI=1S/C15H23NO3S/c1-3-11(2)12-6-8-14(9-7-12)20(18,19)16-10-15(17)13-4-5-13/h6-9,11,13,15-17H,3-5,10H2,1-2H3. The minimum absolute atomic E-state index is 0.0973. The zero-order valence-corrected chi connectivity index (χ0v) is 12.9. The maximum atomic E-state index is 12.1. The van der Waals surface area contributed by atoms with E-state index in [2.05, 4.69) is 18.6 Å². The van der Waals surface area contributed by atoms with E-state index in [0.717, 1.165) is 24.8 Å². The first kappa shape index (κ1) is 15.5. The maximum absolute atomic E-state index is 12.1. The molecule has 0 aromatic heterocycles. The molecule has 0 radical (unpaired) electrons. The SMILES string of the molecule is CCC(C)c1ccc(S(=O)(=O)NCC(O)C2CC2)cc1. The van der Waals surface area contributed by atoms with Crippen molar-refractivity contribution in [2.45, 2.75) is 50.0 Å². The Balaban J connectivity index is 2.01. The Labute approximate surface area is 121 Å². The van der Waals surface area contributed by atoms with Crippen molar-refractivity contribution in [2.24, 2.45) is 5.92 Å². The van der Waals surface area contributed by atoms with Gasteiger partial charge >= 0.3 is 0 Å². The van der Waals surface area contributed by atoms with E-state index in [4.69, 9.17) is 0 Å². The third-order valence-electron chi connectivity index (χ3n) is 4.02. The fraction of sp³-hybridized carbons (Fsp3) is 0.600. The number of rotatable bonds is 7. The van der Waals surface area contributed by atoms with Gasteiger partial charge in [-0.05, 0) is 48.8 Å². The Bertz CT molecular complexity index is 535. The van der Waals surface area contributed by atoms with Gasteiger partial charge in [-0.3, -0.25) is 0 Å². The minimum Gasteiger partial charge on any atom is -0.391 e. The summed E-state index contributed by atoms with van der Waals surface area (Å²) in [5, 5.41) is 9.72. The van der Waals surface area contributed by atoms with E-state index in [1.807, 2.05) is 12.1 Å². The van der Waals surface area contributed by atoms with Gasteiger partial charge < -0.3 is 5.11 Å². The molecule has 1 saturated carbocycles. The van der Waals surface area contributed by atoms with Gasteiger partial charge in [0.1, 0.15) is 0 Å². The van der Waals surface area contributed by atoms with Gasteiger partial charge in [-0.25, -0.2) is 13.1 Å². The van der Waals surface area contributed by atoms with Crippen LogP contribution in [0.5, 0.6) is 0 Å². The zero-order valence-electron chi connectivity index (χ0n) is 12.0. The molecule has 5 heteroatoms. The topological polar surface area (TPSA) is 66.4 Å². The number of benzene rings is 1. The third kappa shape index (κ3) is 3.81. The van der Waals surface area contributed by atoms with Crippen LogP contribution >= 0.6 is 0 Å². The molecule has 1 aliphatic rings. The Hall–Kier alpha value is -0.910. The van der Waals surface area contributed by atoms with Crippen LogP contribution in [0.2, 0.25) is 0 Å². The van der Waals surface area contributed by atoms with Crippen LogP contribution in [0.25, 0.3) is 0 Å². The maximum Gasteiger partial charge on any atom is 0.240 e. The molecule has 2 atom stereocenters. The molecule has 2 unspecified atom stereocenters. The van der Waals surface area contributed by atoms with Crippen molar-refractivity contribution in [2.75, 3.05) is 6.54 Å². The Kier molecular flexibility index (Phi) is 4.83. The average molecular weight is 297 g/mol. The molecule has 0 heterocycles. The van der Waals surface area contributed by atoms with Crippen molar-refractivity contribution >= 4 is 10.0 Å². The van der Waals surface area contributed by atoms with Crippen molar-refractivity contribution in [1.82, 2.24) is 4.72 Å². The van der Waals surface area contributed by atoms with Crippen LogP contribution < -0.4 is 4.72 Å². The van der Waals surface area contributed by atoms with Crippen LogP contribution in [-0.4, -0.2) is 26.2 Å². The predicted molar refractivity (Wildman–Crippen MR) is 79.1 cm³/mol. The van der Waals surface area contributed by atoms with Gasteiger partial charge in [0.2, 0.25) is 10.0 Å². The monoisotopic (exact) mass is 297 g/mol. The molecule has 0 spiro atoms. The van der Waals surface area contributed by atoms with Gasteiger partial charge in [0.15, 0.2) is 0 Å². The largest absolute Gasteiger partial charge is 0.391 e. The highest BCUT2D eigenvalue weighted by Crippen LogP contribution is 2.32. The van der Waals surface area contributed by atoms with Crippen LogP contribution in [0.3, 0.4) is 0 Å². The van der Waals surface area contributed by atoms with Crippen molar-refractivity contribution in [3.8, 4) is 0 Å². The molecule has 1 aromatic carbocycles. The molecule has 1 aliphatic carbocycles. The Morgan fingerprint density at radius 3 is 2.40 bits per heavy atom. The summed E-state index contributed by atoms with van der Waals surface area (Å²) < 4.78 is 26.7. The first-order valence-corrected chi connectivity index (χ1v) is 8.70. The summed E-state index contributed by atoms with van der Waals surface area (Å²) in [6.45, 7) is 4.32. The molecule has 0 bridgehead atoms. The summed E-state index contributed by atoms with van der Waals surface area (Å²) in [4.78, 5) is 0.257. The summed E-state index contributed by atoms with van der Waals surface area (Å²) in [6.07, 6.45) is 2.45. The van der Waals surface area contributed by atoms with Crippen LogP contribution in [0.15, 0.2) is 29.2 Å². The van der Waals surface area contributed by atoms with E-state index >= 15 is 0 Å². The summed E-state index contributed by atoms with van der Waals surface area (Å²) in [7, 11) is -3.52. The molecule has 2 N–H and O–H groups in total. The second-order valence-electron chi connectivity index (χ2n) is 5.64. The first-order chi connectivity index (χ1) is 9.44. The van der Waals surface area contributed by atoms with Crippen LogP contribution in [0, 0.1) is 5.92 Å². The van der Waals surface area contributed by atoms with Crippen molar-refractivity contribution in [1.29, 1.82) is 0 Å². The summed E-state index contributed by atoms with van der Waals surface area (Å²) in [5.74, 6) is 0.696. The number of hydrogen-bond acceptors (Lipinski definition) is 3. The van der Waals surface area contributed by atoms with Gasteiger partial charge in [0, 0.05) is 6.54 Å². The number of nitrogens with one attached hydrogen (secondary N) is 1. The van der Waals surface area contributed by atoms with Gasteiger partial charge in [-0.2, -0.15) is 0 Å². The smallest absolute Gasteiger partial charge is 0.240 e. The number of aliphatic hydroxyl groups excluding tert-OH is 1. The molecule has 2 rings (SSSR count). The van der Waals surface area contributed by atoms with E-state index in [1.54, 1.807) is 12.1 Å². The van der Waals surface area contributed by atoms with Gasteiger partial charge in [-0.15, -0.1) is 0 Å². The zero-order chi connectivity index (χ0) is 14.8. The summed E-state index contributed by atoms with van der Waals surface area (Å²) in [6, 6.07) is 6.99. The highest BCUT2D eigenvalue weighted by atomic mass is 32.2. The minimum atomic E-state index is -3.52. The molecular weight excluding hydrogens is 274 g/mol. The van der Waals surface area contributed by atoms with Gasteiger partial charge in [0.05, 0.1) is 11.0 Å². The highest BCUT2D eigenvalue weighted by molar-refractivity contribution is 7.89. The molecule has 1 aromatic rings. The lowest BCUT2D eigenvalue weighted by molar-refractivity contribution is 0.155. The van der Waals surface area contributed by atoms with Crippen molar-refractivity contribution in [3.63, 3.8) is 0 Å². The number of hydrogen-bond donors (Lipinski definition) is 2. The molecular formula is C15H23NO3S. The Morgan fingerprint density at radius 1 is 1.30 bits per heavy atom. The van der Waals surface area contributed by atoms with E-state index in [1.165, 1.54) is 0 Å². The molecule has 20 heavy (non-hydrogen) atoms. The molecule has 112 valence electrons. The van der Waals surface area contributed by atoms with Crippen molar-refractivity contribution < 1.29 is 13.5 Å². The molecule has 1 fully saturated rings. The average Bonchev–Trinajstić information content (AvgIpc) is 3.28. The molecule has 0 aliphatic heterocycles. The van der Waals surface area contributed by atoms with Crippen LogP contribution in [0.4, 0.5) is 0 Å². The second-order valence-corrected chi connectivity index (χ2v) is 7.40. The van der Waals surface area contributed by atoms with Gasteiger partial charge in [-0.1, -0.05) is 26.0 Å². The summed E-state index contributed by atoms with van der Waals surface area (Å²) >= 11 is 0. The van der Waals surface area contributed by atoms with E-state index in [-0.39, 0.29) is 17.4 Å². The van der Waals surface area contributed by atoms with E-state index in [0.29, 0.717) is 5.92 Å². The lowest BCUT2D eigenvalue weighted by atomic mass is 9.99. The second kappa shape index (κ2) is 6.24. The number of sulfonamides is 1. The normalized spacial score (nSPS) is 18.8. The lowest BCUT2D eigenvalue weighted by Gasteiger charge is -2.13. The summed E-state index contributed by atoms with van der Waals surface area (Å²) in [5.41, 5.74) is 1.14. The number of aliphatic hydroxyl groups is 1. The van der Waals surface area contributed by atoms with E-state index < -0.39 is 16.1 Å². The Morgan fingerprint density at radius 2 is 1.90 bits per heavy atom.